The first-order valence-corrected chi connectivity index (χ1v) is 10.1. The Morgan fingerprint density at radius 3 is 2.85 bits per heavy atom. The van der Waals surface area contributed by atoms with Gasteiger partial charge in [0.2, 0.25) is 5.91 Å². The van der Waals surface area contributed by atoms with Crippen LogP contribution < -0.4 is 5.32 Å². The van der Waals surface area contributed by atoms with Gasteiger partial charge in [0.25, 0.3) is 0 Å². The van der Waals surface area contributed by atoms with E-state index in [9.17, 15) is 9.90 Å². The Hall–Kier alpha value is -2.49. The zero-order valence-electron chi connectivity index (χ0n) is 15.9. The third-order valence-electron chi connectivity index (χ3n) is 5.84. The lowest BCUT2D eigenvalue weighted by Crippen LogP contribution is -2.35. The molecule has 1 saturated heterocycles. The van der Waals surface area contributed by atoms with Crippen molar-refractivity contribution < 1.29 is 9.90 Å². The lowest BCUT2D eigenvalue weighted by molar-refractivity contribution is -0.130. The van der Waals surface area contributed by atoms with Crippen LogP contribution in [0.4, 0.5) is 5.69 Å². The largest absolute Gasteiger partial charge is 0.508 e. The Kier molecular flexibility index (Phi) is 5.06. The maximum absolute atomic E-state index is 12.5. The van der Waals surface area contributed by atoms with Gasteiger partial charge in [-0.25, -0.2) is 0 Å². The molecule has 2 aliphatic rings. The number of fused-ring (bicyclic) bond motifs is 1. The van der Waals surface area contributed by atoms with Crippen molar-refractivity contribution in [2.24, 2.45) is 0 Å². The van der Waals surface area contributed by atoms with E-state index in [1.54, 1.807) is 6.07 Å². The van der Waals surface area contributed by atoms with E-state index in [1.165, 1.54) is 24.0 Å². The molecule has 2 N–H and O–H groups in total. The van der Waals surface area contributed by atoms with Gasteiger partial charge in [-0.05, 0) is 60.6 Å². The van der Waals surface area contributed by atoms with Crippen LogP contribution in [0.2, 0.25) is 0 Å². The summed E-state index contributed by atoms with van der Waals surface area (Å²) >= 11 is 0. The van der Waals surface area contributed by atoms with Gasteiger partial charge in [-0.1, -0.05) is 37.6 Å². The number of rotatable bonds is 5. The average Bonchev–Trinajstić information content (AvgIpc) is 3.11. The number of benzene rings is 2. The van der Waals surface area contributed by atoms with E-state index < -0.39 is 0 Å². The molecule has 2 aliphatic heterocycles. The molecule has 2 unspecified atom stereocenters. The smallest absolute Gasteiger partial charge is 0.223 e. The molecule has 2 atom stereocenters. The summed E-state index contributed by atoms with van der Waals surface area (Å²) < 4.78 is 0. The fourth-order valence-electron chi connectivity index (χ4n) is 4.41. The number of phenolic OH excluding ortho intramolecular Hbond substituents is 1. The molecule has 0 aromatic heterocycles. The zero-order chi connectivity index (χ0) is 18.8. The van der Waals surface area contributed by atoms with Crippen molar-refractivity contribution in [2.45, 2.75) is 57.5 Å². The molecule has 142 valence electrons. The number of nitrogens with one attached hydrogen (secondary N) is 1. The summed E-state index contributed by atoms with van der Waals surface area (Å²) in [6.45, 7) is 3.06. The molecule has 1 amide bonds. The van der Waals surface area contributed by atoms with Gasteiger partial charge in [0.15, 0.2) is 0 Å². The molecule has 27 heavy (non-hydrogen) atoms. The van der Waals surface area contributed by atoms with Crippen LogP contribution in [0.25, 0.3) is 0 Å². The predicted octanol–water partition coefficient (Wildman–Crippen LogP) is 4.96. The number of amides is 1. The number of hydrogen-bond donors (Lipinski definition) is 2. The summed E-state index contributed by atoms with van der Waals surface area (Å²) in [7, 11) is 0. The molecule has 2 aromatic carbocycles. The van der Waals surface area contributed by atoms with Crippen LogP contribution in [0.1, 0.15) is 67.8 Å². The SMILES string of the molecule is CCCCc1ccc2c(c1)C(N1CCCC1=O)CC(c1cccc(O)c1)N2. The number of hydrogen-bond acceptors (Lipinski definition) is 3. The van der Waals surface area contributed by atoms with Gasteiger partial charge in [-0.2, -0.15) is 0 Å². The van der Waals surface area contributed by atoms with E-state index in [2.05, 4.69) is 35.3 Å². The Morgan fingerprint density at radius 1 is 1.22 bits per heavy atom. The van der Waals surface area contributed by atoms with Crippen molar-refractivity contribution in [3.05, 3.63) is 59.2 Å². The third kappa shape index (κ3) is 3.66. The van der Waals surface area contributed by atoms with E-state index in [0.29, 0.717) is 6.42 Å². The number of likely N-dealkylation sites (tertiary alicyclic amines) is 1. The summed E-state index contributed by atoms with van der Waals surface area (Å²) in [5.41, 5.74) is 4.77. The highest BCUT2D eigenvalue weighted by atomic mass is 16.3. The van der Waals surface area contributed by atoms with Crippen LogP contribution in [-0.4, -0.2) is 22.5 Å². The number of nitrogens with zero attached hydrogens (tertiary/aromatic N) is 1. The van der Waals surface area contributed by atoms with Crippen LogP contribution in [-0.2, 0) is 11.2 Å². The Balaban J connectivity index is 1.70. The van der Waals surface area contributed by atoms with Gasteiger partial charge in [-0.15, -0.1) is 0 Å². The minimum absolute atomic E-state index is 0.0875. The van der Waals surface area contributed by atoms with E-state index in [1.807, 2.05) is 18.2 Å². The highest BCUT2D eigenvalue weighted by molar-refractivity contribution is 5.79. The highest BCUT2D eigenvalue weighted by Gasteiger charge is 2.35. The molecular formula is C23H28N2O2. The molecule has 2 heterocycles. The van der Waals surface area contributed by atoms with Crippen LogP contribution in [0.5, 0.6) is 5.75 Å². The van der Waals surface area contributed by atoms with Gasteiger partial charge in [-0.3, -0.25) is 4.79 Å². The van der Waals surface area contributed by atoms with Crippen molar-refractivity contribution in [1.29, 1.82) is 0 Å². The maximum Gasteiger partial charge on any atom is 0.223 e. The van der Waals surface area contributed by atoms with E-state index >= 15 is 0 Å². The first kappa shape index (κ1) is 17.9. The third-order valence-corrected chi connectivity index (χ3v) is 5.84. The second-order valence-electron chi connectivity index (χ2n) is 7.76. The molecule has 0 spiro atoms. The maximum atomic E-state index is 12.5. The van der Waals surface area contributed by atoms with Crippen LogP contribution in [0.3, 0.4) is 0 Å². The Morgan fingerprint density at radius 2 is 2.11 bits per heavy atom. The number of phenols is 1. The number of carbonyl (C=O) groups is 1. The van der Waals surface area contributed by atoms with Crippen molar-refractivity contribution in [2.75, 3.05) is 11.9 Å². The second kappa shape index (κ2) is 7.63. The second-order valence-corrected chi connectivity index (χ2v) is 7.76. The molecule has 0 bridgehead atoms. The van der Waals surface area contributed by atoms with E-state index in [-0.39, 0.29) is 23.7 Å². The lowest BCUT2D eigenvalue weighted by atomic mass is 9.87. The normalized spacial score (nSPS) is 21.8. The van der Waals surface area contributed by atoms with Gasteiger partial charge in [0, 0.05) is 18.7 Å². The highest BCUT2D eigenvalue weighted by Crippen LogP contribution is 2.44. The van der Waals surface area contributed by atoms with Gasteiger partial charge in [0.1, 0.15) is 5.75 Å². The fourth-order valence-corrected chi connectivity index (χ4v) is 4.41. The Bertz CT molecular complexity index is 833. The number of carbonyl (C=O) groups excluding carboxylic acids is 1. The van der Waals surface area contributed by atoms with Crippen LogP contribution >= 0.6 is 0 Å². The fraction of sp³-hybridized carbons (Fsp3) is 0.435. The van der Waals surface area contributed by atoms with Gasteiger partial charge >= 0.3 is 0 Å². The van der Waals surface area contributed by atoms with Crippen molar-refractivity contribution in [1.82, 2.24) is 4.90 Å². The first-order chi connectivity index (χ1) is 13.2. The molecule has 0 aliphatic carbocycles. The van der Waals surface area contributed by atoms with E-state index in [0.717, 1.165) is 37.1 Å². The molecule has 0 saturated carbocycles. The van der Waals surface area contributed by atoms with Crippen LogP contribution in [0.15, 0.2) is 42.5 Å². The standard InChI is InChI=1S/C23H28N2O2/c1-2-3-6-16-10-11-20-19(13-16)22(25-12-5-9-23(25)27)15-21(24-20)17-7-4-8-18(26)14-17/h4,7-8,10-11,13-14,21-22,24,26H,2-3,5-6,9,12,15H2,1H3. The van der Waals surface area contributed by atoms with Crippen molar-refractivity contribution in [3.63, 3.8) is 0 Å². The Labute approximate surface area is 161 Å². The zero-order valence-corrected chi connectivity index (χ0v) is 15.9. The quantitative estimate of drug-likeness (QED) is 0.789. The van der Waals surface area contributed by atoms with Crippen molar-refractivity contribution in [3.8, 4) is 5.75 Å². The van der Waals surface area contributed by atoms with Crippen LogP contribution in [0, 0.1) is 0 Å². The molecular weight excluding hydrogens is 336 g/mol. The number of unbranched alkanes of at least 4 members (excludes halogenated alkanes) is 1. The molecule has 2 aromatic rings. The summed E-state index contributed by atoms with van der Waals surface area (Å²) in [6, 6.07) is 14.3. The molecule has 4 heteroatoms. The average molecular weight is 364 g/mol. The van der Waals surface area contributed by atoms with Gasteiger partial charge in [0.05, 0.1) is 12.1 Å². The molecule has 4 nitrogen and oxygen atoms in total. The molecule has 4 rings (SSSR count). The number of aromatic hydroxyl groups is 1. The molecule has 1 fully saturated rings. The first-order valence-electron chi connectivity index (χ1n) is 10.1. The lowest BCUT2D eigenvalue weighted by Gasteiger charge is -2.38. The number of aryl methyl sites for hydroxylation is 1. The summed E-state index contributed by atoms with van der Waals surface area (Å²) in [5, 5.41) is 13.5. The minimum atomic E-state index is 0.0875. The van der Waals surface area contributed by atoms with E-state index in [4.69, 9.17) is 0 Å². The number of anilines is 1. The summed E-state index contributed by atoms with van der Waals surface area (Å²) in [5.74, 6) is 0.547. The van der Waals surface area contributed by atoms with Gasteiger partial charge < -0.3 is 15.3 Å². The minimum Gasteiger partial charge on any atom is -0.508 e. The predicted molar refractivity (Wildman–Crippen MR) is 108 cm³/mol. The monoisotopic (exact) mass is 364 g/mol. The topological polar surface area (TPSA) is 52.6 Å². The summed E-state index contributed by atoms with van der Waals surface area (Å²) in [6.07, 6.45) is 5.89. The van der Waals surface area contributed by atoms with Crippen molar-refractivity contribution >= 4 is 11.6 Å². The molecule has 0 radical (unpaired) electrons. The summed E-state index contributed by atoms with van der Waals surface area (Å²) in [4.78, 5) is 14.6.